The minimum absolute atomic E-state index is 0.747. The fourth-order valence-corrected chi connectivity index (χ4v) is 3.43. The van der Waals surface area contributed by atoms with Gasteiger partial charge in [-0.3, -0.25) is 0 Å². The second kappa shape index (κ2) is 11.3. The summed E-state index contributed by atoms with van der Waals surface area (Å²) in [7, 11) is 4.27. The van der Waals surface area contributed by atoms with Crippen LogP contribution in [0.1, 0.15) is 44.1 Å². The van der Waals surface area contributed by atoms with Gasteiger partial charge in [-0.25, -0.2) is 0 Å². The Kier molecular flexibility index (Phi) is 9.00. The Labute approximate surface area is 164 Å². The van der Waals surface area contributed by atoms with Crippen LogP contribution in [0.4, 0.5) is 0 Å². The summed E-state index contributed by atoms with van der Waals surface area (Å²) < 4.78 is 6.10. The van der Waals surface area contributed by atoms with Crippen molar-refractivity contribution in [1.29, 1.82) is 0 Å². The molecule has 26 heavy (non-hydrogen) atoms. The van der Waals surface area contributed by atoms with Gasteiger partial charge in [-0.05, 0) is 63.7 Å². The van der Waals surface area contributed by atoms with Gasteiger partial charge in [0.05, 0.1) is 11.6 Å². The largest absolute Gasteiger partial charge is 0.493 e. The molecule has 0 fully saturated rings. The van der Waals surface area contributed by atoms with Crippen molar-refractivity contribution >= 4 is 11.6 Å². The van der Waals surface area contributed by atoms with Gasteiger partial charge < -0.3 is 9.64 Å². The molecule has 0 aliphatic heterocycles. The molecule has 142 valence electrons. The highest BCUT2D eigenvalue weighted by Crippen LogP contribution is 2.38. The number of hydrogen-bond acceptors (Lipinski definition) is 2. The van der Waals surface area contributed by atoms with Crippen molar-refractivity contribution in [2.45, 2.75) is 45.4 Å². The topological polar surface area (TPSA) is 12.5 Å². The van der Waals surface area contributed by atoms with Crippen molar-refractivity contribution in [1.82, 2.24) is 4.90 Å². The average molecular weight is 374 g/mol. The summed E-state index contributed by atoms with van der Waals surface area (Å²) in [6.07, 6.45) is 7.54. The Morgan fingerprint density at radius 1 is 0.846 bits per heavy atom. The van der Waals surface area contributed by atoms with Crippen molar-refractivity contribution < 1.29 is 4.74 Å². The molecule has 0 heterocycles. The van der Waals surface area contributed by atoms with Crippen LogP contribution in [-0.2, 0) is 0 Å². The van der Waals surface area contributed by atoms with E-state index >= 15 is 0 Å². The standard InChI is InChI=1S/C23H32ClNO/c1-19-13-8-9-14-20(19)23-21(24)15-12-16-22(23)26-18-11-7-5-4-6-10-17-25(2)3/h8-9,12-16H,4-7,10-11,17-18H2,1-3H3. The van der Waals surface area contributed by atoms with Crippen molar-refractivity contribution in [3.63, 3.8) is 0 Å². The minimum atomic E-state index is 0.747. The molecule has 0 saturated carbocycles. The number of nitrogens with zero attached hydrogens (tertiary/aromatic N) is 1. The molecule has 0 amide bonds. The zero-order valence-corrected chi connectivity index (χ0v) is 17.2. The Morgan fingerprint density at radius 3 is 2.27 bits per heavy atom. The molecule has 3 heteroatoms. The molecule has 0 aromatic heterocycles. The summed E-state index contributed by atoms with van der Waals surface area (Å²) in [5.41, 5.74) is 3.37. The Balaban J connectivity index is 1.80. The first-order chi connectivity index (χ1) is 12.6. The lowest BCUT2D eigenvalue weighted by molar-refractivity contribution is 0.305. The molecule has 0 bridgehead atoms. The molecule has 2 aromatic rings. The lowest BCUT2D eigenvalue weighted by Gasteiger charge is -2.15. The molecule has 0 unspecified atom stereocenters. The summed E-state index contributed by atoms with van der Waals surface area (Å²) in [5.74, 6) is 0.887. The lowest BCUT2D eigenvalue weighted by Crippen LogP contribution is -2.12. The van der Waals surface area contributed by atoms with Crippen molar-refractivity contribution in [3.05, 3.63) is 53.1 Å². The lowest BCUT2D eigenvalue weighted by atomic mass is 10.00. The summed E-state index contributed by atoms with van der Waals surface area (Å²) in [5, 5.41) is 0.748. The van der Waals surface area contributed by atoms with E-state index in [0.29, 0.717) is 0 Å². The summed E-state index contributed by atoms with van der Waals surface area (Å²) in [6.45, 7) is 4.05. The predicted molar refractivity (Wildman–Crippen MR) is 113 cm³/mol. The van der Waals surface area contributed by atoms with Crippen LogP contribution in [0, 0.1) is 6.92 Å². The number of halogens is 1. The molecule has 0 N–H and O–H groups in total. The van der Waals surface area contributed by atoms with E-state index in [1.165, 1.54) is 44.2 Å². The maximum absolute atomic E-state index is 6.49. The highest BCUT2D eigenvalue weighted by Gasteiger charge is 2.12. The fourth-order valence-electron chi connectivity index (χ4n) is 3.16. The van der Waals surface area contributed by atoms with E-state index in [0.717, 1.165) is 34.9 Å². The molecule has 2 nitrogen and oxygen atoms in total. The van der Waals surface area contributed by atoms with Crippen LogP contribution < -0.4 is 4.74 Å². The van der Waals surface area contributed by atoms with Crippen LogP contribution in [0.25, 0.3) is 11.1 Å². The first kappa shape index (κ1) is 20.8. The number of rotatable bonds is 11. The highest BCUT2D eigenvalue weighted by molar-refractivity contribution is 6.33. The number of unbranched alkanes of at least 4 members (excludes halogenated alkanes) is 5. The molecule has 0 spiro atoms. The van der Waals surface area contributed by atoms with Gasteiger partial charge >= 0.3 is 0 Å². The number of hydrogen-bond donors (Lipinski definition) is 0. The molecular weight excluding hydrogens is 342 g/mol. The first-order valence-electron chi connectivity index (χ1n) is 9.71. The third-order valence-electron chi connectivity index (χ3n) is 4.65. The van der Waals surface area contributed by atoms with Gasteiger partial charge in [0.15, 0.2) is 0 Å². The fraction of sp³-hybridized carbons (Fsp3) is 0.478. The van der Waals surface area contributed by atoms with Gasteiger partial charge in [0.2, 0.25) is 0 Å². The molecule has 2 aromatic carbocycles. The SMILES string of the molecule is Cc1ccccc1-c1c(Cl)cccc1OCCCCCCCCN(C)C. The third kappa shape index (κ3) is 6.66. The maximum atomic E-state index is 6.49. The second-order valence-corrected chi connectivity index (χ2v) is 7.61. The summed E-state index contributed by atoms with van der Waals surface area (Å²) >= 11 is 6.49. The zero-order valence-electron chi connectivity index (χ0n) is 16.4. The van der Waals surface area contributed by atoms with Crippen LogP contribution in [0.5, 0.6) is 5.75 Å². The van der Waals surface area contributed by atoms with Crippen LogP contribution >= 0.6 is 11.6 Å². The van der Waals surface area contributed by atoms with Gasteiger partial charge in [-0.1, -0.05) is 67.6 Å². The second-order valence-electron chi connectivity index (χ2n) is 7.20. The van der Waals surface area contributed by atoms with E-state index in [-0.39, 0.29) is 0 Å². The maximum Gasteiger partial charge on any atom is 0.128 e. The highest BCUT2D eigenvalue weighted by atomic mass is 35.5. The Bertz CT molecular complexity index is 669. The zero-order chi connectivity index (χ0) is 18.8. The van der Waals surface area contributed by atoms with Crippen molar-refractivity contribution in [3.8, 4) is 16.9 Å². The number of ether oxygens (including phenoxy) is 1. The minimum Gasteiger partial charge on any atom is -0.493 e. The molecule has 0 aliphatic rings. The van der Waals surface area contributed by atoms with Crippen LogP contribution in [0.2, 0.25) is 5.02 Å². The number of benzene rings is 2. The van der Waals surface area contributed by atoms with Gasteiger partial charge in [0.1, 0.15) is 5.75 Å². The normalized spacial score (nSPS) is 11.1. The molecule has 0 atom stereocenters. The summed E-state index contributed by atoms with van der Waals surface area (Å²) in [4.78, 5) is 2.25. The third-order valence-corrected chi connectivity index (χ3v) is 4.96. The van der Waals surface area contributed by atoms with Gasteiger partial charge in [-0.15, -0.1) is 0 Å². The first-order valence-corrected chi connectivity index (χ1v) is 10.1. The van der Waals surface area contributed by atoms with E-state index in [9.17, 15) is 0 Å². The van der Waals surface area contributed by atoms with Crippen LogP contribution in [0.3, 0.4) is 0 Å². The van der Waals surface area contributed by atoms with E-state index in [2.05, 4.69) is 44.1 Å². The smallest absolute Gasteiger partial charge is 0.128 e. The number of aryl methyl sites for hydroxylation is 1. The van der Waals surface area contributed by atoms with Gasteiger partial charge in [0, 0.05) is 5.56 Å². The van der Waals surface area contributed by atoms with Crippen LogP contribution in [-0.4, -0.2) is 32.1 Å². The van der Waals surface area contributed by atoms with Gasteiger partial charge in [0.25, 0.3) is 0 Å². The van der Waals surface area contributed by atoms with E-state index in [1.54, 1.807) is 0 Å². The predicted octanol–water partition coefficient (Wildman–Crippen LogP) is 6.60. The average Bonchev–Trinajstić information content (AvgIpc) is 2.61. The van der Waals surface area contributed by atoms with E-state index < -0.39 is 0 Å². The van der Waals surface area contributed by atoms with Gasteiger partial charge in [-0.2, -0.15) is 0 Å². The molecule has 0 aliphatic carbocycles. The van der Waals surface area contributed by atoms with Crippen molar-refractivity contribution in [2.24, 2.45) is 0 Å². The Hall–Kier alpha value is -1.51. The molecular formula is C23H32ClNO. The molecule has 0 saturated heterocycles. The quantitative estimate of drug-likeness (QED) is 0.411. The molecule has 2 rings (SSSR count). The molecule has 0 radical (unpaired) electrons. The van der Waals surface area contributed by atoms with E-state index in [4.69, 9.17) is 16.3 Å². The van der Waals surface area contributed by atoms with Crippen LogP contribution in [0.15, 0.2) is 42.5 Å². The monoisotopic (exact) mass is 373 g/mol. The van der Waals surface area contributed by atoms with E-state index in [1.807, 2.05) is 24.3 Å². The Morgan fingerprint density at radius 2 is 1.54 bits per heavy atom. The van der Waals surface area contributed by atoms with Crippen molar-refractivity contribution in [2.75, 3.05) is 27.2 Å². The summed E-state index contributed by atoms with van der Waals surface area (Å²) in [6, 6.07) is 14.2.